The molecule has 128 valence electrons. The first kappa shape index (κ1) is 16.6. The van der Waals surface area contributed by atoms with Crippen molar-refractivity contribution in [2.45, 2.75) is 6.17 Å². The van der Waals surface area contributed by atoms with Crippen molar-refractivity contribution >= 4 is 23.3 Å². The fourth-order valence-corrected chi connectivity index (χ4v) is 3.17. The molecule has 26 heavy (non-hydrogen) atoms. The molecular weight excluding hydrogens is 342 g/mol. The maximum Gasteiger partial charge on any atom is 0.159 e. The summed E-state index contributed by atoms with van der Waals surface area (Å²) >= 11 is 6.04. The van der Waals surface area contributed by atoms with Gasteiger partial charge in [0, 0.05) is 23.2 Å². The Morgan fingerprint density at radius 2 is 1.38 bits per heavy atom. The van der Waals surface area contributed by atoms with E-state index in [0.717, 1.165) is 22.5 Å². The molecule has 0 aromatic heterocycles. The van der Waals surface area contributed by atoms with Crippen molar-refractivity contribution in [1.29, 1.82) is 0 Å². The fourth-order valence-electron chi connectivity index (χ4n) is 3.04. The normalized spacial score (nSPS) is 16.8. The van der Waals surface area contributed by atoms with E-state index in [1.54, 1.807) is 0 Å². The van der Waals surface area contributed by atoms with Crippen LogP contribution in [0.5, 0.6) is 0 Å². The molecule has 1 aliphatic heterocycles. The predicted molar refractivity (Wildman–Crippen MR) is 108 cm³/mol. The monoisotopic (exact) mass is 359 g/mol. The molecular formula is C22H18ClN3. The summed E-state index contributed by atoms with van der Waals surface area (Å²) in [6.07, 6.45) is -0.130. The molecule has 1 heterocycles. The summed E-state index contributed by atoms with van der Waals surface area (Å²) in [4.78, 5) is 11.9. The van der Waals surface area contributed by atoms with Gasteiger partial charge in [-0.1, -0.05) is 72.3 Å². The predicted octanol–water partition coefficient (Wildman–Crippen LogP) is 5.18. The van der Waals surface area contributed by atoms with Gasteiger partial charge in [-0.15, -0.1) is 0 Å². The van der Waals surface area contributed by atoms with Crippen LogP contribution in [0.3, 0.4) is 0 Å². The number of nitrogens with zero attached hydrogens (tertiary/aromatic N) is 3. The van der Waals surface area contributed by atoms with Gasteiger partial charge in [-0.2, -0.15) is 0 Å². The first-order valence-corrected chi connectivity index (χ1v) is 8.86. The molecule has 1 unspecified atom stereocenters. The Hall–Kier alpha value is -2.91. The van der Waals surface area contributed by atoms with Gasteiger partial charge in [0.1, 0.15) is 12.0 Å². The van der Waals surface area contributed by atoms with E-state index in [0.29, 0.717) is 10.9 Å². The van der Waals surface area contributed by atoms with Crippen LogP contribution in [-0.4, -0.2) is 23.6 Å². The van der Waals surface area contributed by atoms with Crippen molar-refractivity contribution in [3.63, 3.8) is 0 Å². The molecule has 4 rings (SSSR count). The van der Waals surface area contributed by atoms with E-state index in [1.807, 2.05) is 67.7 Å². The lowest BCUT2D eigenvalue weighted by molar-refractivity contribution is 0.383. The van der Waals surface area contributed by atoms with Crippen molar-refractivity contribution in [2.75, 3.05) is 7.05 Å². The average Bonchev–Trinajstić information content (AvgIpc) is 2.70. The molecule has 0 spiro atoms. The second-order valence-electron chi connectivity index (χ2n) is 6.16. The number of amidine groups is 2. The molecule has 3 aromatic rings. The Morgan fingerprint density at radius 3 is 2.04 bits per heavy atom. The third-order valence-corrected chi connectivity index (χ3v) is 4.64. The van der Waals surface area contributed by atoms with E-state index < -0.39 is 0 Å². The van der Waals surface area contributed by atoms with Gasteiger partial charge in [-0.05, 0) is 29.8 Å². The maximum atomic E-state index is 6.04. The van der Waals surface area contributed by atoms with Crippen molar-refractivity contribution in [2.24, 2.45) is 9.98 Å². The number of hydrogen-bond acceptors (Lipinski definition) is 3. The number of halogens is 1. The lowest BCUT2D eigenvalue weighted by atomic mass is 10.1. The third-order valence-electron chi connectivity index (χ3n) is 4.39. The van der Waals surface area contributed by atoms with E-state index >= 15 is 0 Å². The van der Waals surface area contributed by atoms with Crippen molar-refractivity contribution in [3.05, 3.63) is 107 Å². The zero-order valence-electron chi connectivity index (χ0n) is 14.4. The largest absolute Gasteiger partial charge is 0.333 e. The van der Waals surface area contributed by atoms with Gasteiger partial charge in [0.15, 0.2) is 5.84 Å². The van der Waals surface area contributed by atoms with Crippen LogP contribution < -0.4 is 0 Å². The van der Waals surface area contributed by atoms with E-state index in [-0.39, 0.29) is 6.17 Å². The van der Waals surface area contributed by atoms with Crippen molar-refractivity contribution in [3.8, 4) is 0 Å². The molecule has 3 aromatic carbocycles. The van der Waals surface area contributed by atoms with Crippen LogP contribution >= 0.6 is 11.6 Å². The second kappa shape index (κ2) is 7.14. The highest BCUT2D eigenvalue weighted by atomic mass is 35.5. The maximum absolute atomic E-state index is 6.04. The van der Waals surface area contributed by atoms with E-state index in [9.17, 15) is 0 Å². The number of aliphatic imine (C=N–C) groups is 2. The third kappa shape index (κ3) is 3.26. The minimum atomic E-state index is -0.130. The van der Waals surface area contributed by atoms with Crippen LogP contribution in [0.2, 0.25) is 5.02 Å². The zero-order chi connectivity index (χ0) is 17.9. The van der Waals surface area contributed by atoms with Crippen LogP contribution in [0.25, 0.3) is 0 Å². The Bertz CT molecular complexity index is 948. The number of rotatable bonds is 3. The van der Waals surface area contributed by atoms with Gasteiger partial charge < -0.3 is 4.90 Å². The van der Waals surface area contributed by atoms with Crippen molar-refractivity contribution < 1.29 is 0 Å². The summed E-state index contributed by atoms with van der Waals surface area (Å²) in [6.45, 7) is 0. The first-order valence-electron chi connectivity index (χ1n) is 8.48. The molecule has 1 atom stereocenters. The quantitative estimate of drug-likeness (QED) is 0.633. The highest BCUT2D eigenvalue weighted by Gasteiger charge is 2.26. The first-order chi connectivity index (χ1) is 12.7. The summed E-state index contributed by atoms with van der Waals surface area (Å²) in [5.74, 6) is 1.62. The van der Waals surface area contributed by atoms with Crippen molar-refractivity contribution in [1.82, 2.24) is 4.90 Å². The summed E-state index contributed by atoms with van der Waals surface area (Å²) in [6, 6.07) is 28.1. The van der Waals surface area contributed by atoms with Gasteiger partial charge in [0.25, 0.3) is 0 Å². The van der Waals surface area contributed by atoms with Gasteiger partial charge >= 0.3 is 0 Å². The molecule has 3 nitrogen and oxygen atoms in total. The van der Waals surface area contributed by atoms with Crippen LogP contribution in [-0.2, 0) is 0 Å². The Kier molecular flexibility index (Phi) is 4.55. The Balaban J connectivity index is 1.84. The van der Waals surface area contributed by atoms with E-state index in [4.69, 9.17) is 21.6 Å². The lowest BCUT2D eigenvalue weighted by Crippen LogP contribution is -2.35. The molecule has 0 radical (unpaired) electrons. The van der Waals surface area contributed by atoms with Crippen LogP contribution in [0.4, 0.5) is 0 Å². The second-order valence-corrected chi connectivity index (χ2v) is 6.59. The minimum absolute atomic E-state index is 0.130. The standard InChI is InChI=1S/C22H18ClN3/c1-26-21(17-8-4-2-5-9-17)24-20(16-12-14-19(23)15-13-16)25-22(26)18-10-6-3-7-11-18/h2-15,21H,1H3. The smallest absolute Gasteiger partial charge is 0.159 e. The number of hydrogen-bond donors (Lipinski definition) is 0. The van der Waals surface area contributed by atoms with Gasteiger partial charge in [-0.3, -0.25) is 0 Å². The molecule has 0 saturated heterocycles. The summed E-state index contributed by atoms with van der Waals surface area (Å²) in [5.41, 5.74) is 3.15. The summed E-state index contributed by atoms with van der Waals surface area (Å²) < 4.78 is 0. The van der Waals surface area contributed by atoms with E-state index in [1.165, 1.54) is 0 Å². The zero-order valence-corrected chi connectivity index (χ0v) is 15.1. The summed E-state index contributed by atoms with van der Waals surface area (Å²) in [5, 5.41) is 0.703. The molecule has 0 aliphatic carbocycles. The highest BCUT2D eigenvalue weighted by molar-refractivity contribution is 6.30. The molecule has 0 N–H and O–H groups in total. The molecule has 1 aliphatic rings. The Labute approximate surface area is 158 Å². The average molecular weight is 360 g/mol. The van der Waals surface area contributed by atoms with Gasteiger partial charge in [0.2, 0.25) is 0 Å². The SMILES string of the molecule is CN1C(c2ccccc2)=NC(c2ccc(Cl)cc2)=NC1c1ccccc1. The lowest BCUT2D eigenvalue weighted by Gasteiger charge is -2.32. The molecule has 4 heteroatoms. The fraction of sp³-hybridized carbons (Fsp3) is 0.0909. The highest BCUT2D eigenvalue weighted by Crippen LogP contribution is 2.28. The van der Waals surface area contributed by atoms with Crippen LogP contribution in [0.15, 0.2) is 94.9 Å². The molecule has 0 fully saturated rings. The Morgan fingerprint density at radius 1 is 0.769 bits per heavy atom. The number of benzene rings is 3. The minimum Gasteiger partial charge on any atom is -0.333 e. The molecule has 0 saturated carbocycles. The van der Waals surface area contributed by atoms with Crippen LogP contribution in [0, 0.1) is 0 Å². The summed E-state index contributed by atoms with van der Waals surface area (Å²) in [7, 11) is 2.03. The topological polar surface area (TPSA) is 28.0 Å². The van der Waals surface area contributed by atoms with Crippen LogP contribution in [0.1, 0.15) is 22.9 Å². The van der Waals surface area contributed by atoms with E-state index in [2.05, 4.69) is 29.2 Å². The van der Waals surface area contributed by atoms with Gasteiger partial charge in [-0.25, -0.2) is 9.98 Å². The van der Waals surface area contributed by atoms with Gasteiger partial charge in [0.05, 0.1) is 0 Å². The molecule has 0 bridgehead atoms. The molecule has 0 amide bonds.